The van der Waals surface area contributed by atoms with Crippen LogP contribution in [-0.2, 0) is 11.5 Å². The molecular formula is C12H14FNO2. The van der Waals surface area contributed by atoms with Gasteiger partial charge in [-0.25, -0.2) is 4.39 Å². The topological polar surface area (TPSA) is 49.3 Å². The van der Waals surface area contributed by atoms with Gasteiger partial charge in [0.05, 0.1) is 5.92 Å². The average Bonchev–Trinajstić information content (AvgIpc) is 2.78. The fourth-order valence-corrected chi connectivity index (χ4v) is 2.16. The zero-order chi connectivity index (χ0) is 11.5. The number of hydrogen-bond acceptors (Lipinski definition) is 2. The first-order valence-corrected chi connectivity index (χ1v) is 5.32. The predicted molar refractivity (Wildman–Crippen MR) is 57.7 cm³/mol. The van der Waals surface area contributed by atoms with Gasteiger partial charge in [0.1, 0.15) is 6.67 Å². The molecule has 1 heterocycles. The molecule has 0 bridgehead atoms. The maximum Gasteiger partial charge on any atom is 0.307 e. The number of hydrogen-bond donors (Lipinski definition) is 2. The highest BCUT2D eigenvalue weighted by molar-refractivity contribution is 5.70. The van der Waals surface area contributed by atoms with E-state index in [1.54, 1.807) is 12.1 Å². The first kappa shape index (κ1) is 11.1. The molecule has 1 aromatic rings. The molecule has 86 valence electrons. The standard InChI is InChI=1S/C12H14FNO2/c13-6-8-3-1-2-4-10(8)11-5-9(7-14-11)12(15)16/h1-4,9,11,14H,5-7H2,(H,15,16). The number of aliphatic carboxylic acids is 1. The van der Waals surface area contributed by atoms with E-state index in [2.05, 4.69) is 5.32 Å². The third kappa shape index (κ3) is 2.07. The Morgan fingerprint density at radius 1 is 1.50 bits per heavy atom. The minimum Gasteiger partial charge on any atom is -0.481 e. The van der Waals surface area contributed by atoms with Crippen molar-refractivity contribution in [2.24, 2.45) is 5.92 Å². The molecule has 1 aliphatic heterocycles. The Bertz CT molecular complexity index is 394. The normalized spacial score (nSPS) is 24.6. The average molecular weight is 223 g/mol. The van der Waals surface area contributed by atoms with Crippen molar-refractivity contribution in [2.45, 2.75) is 19.1 Å². The fourth-order valence-electron chi connectivity index (χ4n) is 2.16. The summed E-state index contributed by atoms with van der Waals surface area (Å²) in [6, 6.07) is 7.21. The van der Waals surface area contributed by atoms with E-state index in [4.69, 9.17) is 5.11 Å². The monoisotopic (exact) mass is 223 g/mol. The number of rotatable bonds is 3. The van der Waals surface area contributed by atoms with E-state index >= 15 is 0 Å². The van der Waals surface area contributed by atoms with Gasteiger partial charge in [0.2, 0.25) is 0 Å². The minimum absolute atomic E-state index is 0.0342. The zero-order valence-electron chi connectivity index (χ0n) is 8.82. The van der Waals surface area contributed by atoms with E-state index in [-0.39, 0.29) is 12.0 Å². The van der Waals surface area contributed by atoms with Gasteiger partial charge in [-0.1, -0.05) is 24.3 Å². The molecule has 0 aliphatic carbocycles. The molecule has 4 heteroatoms. The summed E-state index contributed by atoms with van der Waals surface area (Å²) in [5.74, 6) is -1.15. The van der Waals surface area contributed by atoms with Crippen molar-refractivity contribution in [1.29, 1.82) is 0 Å². The van der Waals surface area contributed by atoms with Gasteiger partial charge in [-0.3, -0.25) is 4.79 Å². The van der Waals surface area contributed by atoms with E-state index in [9.17, 15) is 9.18 Å². The van der Waals surface area contributed by atoms with Crippen molar-refractivity contribution < 1.29 is 14.3 Å². The minimum atomic E-state index is -0.785. The fraction of sp³-hybridized carbons (Fsp3) is 0.417. The van der Waals surface area contributed by atoms with Crippen LogP contribution in [0.2, 0.25) is 0 Å². The third-order valence-electron chi connectivity index (χ3n) is 3.05. The van der Waals surface area contributed by atoms with Gasteiger partial charge >= 0.3 is 5.97 Å². The van der Waals surface area contributed by atoms with Crippen molar-refractivity contribution in [3.63, 3.8) is 0 Å². The summed E-state index contributed by atoms with van der Waals surface area (Å²) in [5.41, 5.74) is 1.53. The summed E-state index contributed by atoms with van der Waals surface area (Å²) in [7, 11) is 0. The second-order valence-corrected chi connectivity index (χ2v) is 4.06. The molecule has 3 nitrogen and oxygen atoms in total. The Balaban J connectivity index is 2.17. The largest absolute Gasteiger partial charge is 0.481 e. The molecule has 2 rings (SSSR count). The number of halogens is 1. The van der Waals surface area contributed by atoms with Crippen LogP contribution in [0, 0.1) is 5.92 Å². The molecule has 0 saturated carbocycles. The maximum absolute atomic E-state index is 12.8. The molecule has 0 spiro atoms. The third-order valence-corrected chi connectivity index (χ3v) is 3.05. The van der Waals surface area contributed by atoms with Crippen molar-refractivity contribution >= 4 is 5.97 Å². The number of benzene rings is 1. The van der Waals surface area contributed by atoms with Gasteiger partial charge in [-0.2, -0.15) is 0 Å². The van der Waals surface area contributed by atoms with Crippen molar-refractivity contribution in [3.05, 3.63) is 35.4 Å². The van der Waals surface area contributed by atoms with Crippen LogP contribution in [0.15, 0.2) is 24.3 Å². The van der Waals surface area contributed by atoms with Crippen LogP contribution >= 0.6 is 0 Å². The molecule has 0 aromatic heterocycles. The van der Waals surface area contributed by atoms with Crippen LogP contribution in [0.3, 0.4) is 0 Å². The lowest BCUT2D eigenvalue weighted by molar-refractivity contribution is -0.141. The lowest BCUT2D eigenvalue weighted by Gasteiger charge is -2.13. The van der Waals surface area contributed by atoms with E-state index in [1.807, 2.05) is 12.1 Å². The molecule has 1 aliphatic rings. The Morgan fingerprint density at radius 3 is 2.88 bits per heavy atom. The van der Waals surface area contributed by atoms with E-state index in [0.29, 0.717) is 18.5 Å². The molecule has 0 radical (unpaired) electrons. The first-order chi connectivity index (χ1) is 7.72. The molecule has 1 saturated heterocycles. The Hall–Kier alpha value is -1.42. The van der Waals surface area contributed by atoms with E-state index < -0.39 is 12.6 Å². The smallest absolute Gasteiger partial charge is 0.307 e. The number of nitrogens with one attached hydrogen (secondary N) is 1. The summed E-state index contributed by atoms with van der Waals surface area (Å²) in [4.78, 5) is 10.8. The number of carbonyl (C=O) groups is 1. The highest BCUT2D eigenvalue weighted by atomic mass is 19.1. The van der Waals surface area contributed by atoms with Crippen LogP contribution in [-0.4, -0.2) is 17.6 Å². The molecule has 16 heavy (non-hydrogen) atoms. The lowest BCUT2D eigenvalue weighted by Crippen LogP contribution is -2.17. The zero-order valence-corrected chi connectivity index (χ0v) is 8.82. The molecular weight excluding hydrogens is 209 g/mol. The van der Waals surface area contributed by atoms with Gasteiger partial charge in [0, 0.05) is 12.6 Å². The van der Waals surface area contributed by atoms with Crippen LogP contribution in [0.4, 0.5) is 4.39 Å². The second kappa shape index (κ2) is 4.61. The first-order valence-electron chi connectivity index (χ1n) is 5.32. The van der Waals surface area contributed by atoms with Crippen molar-refractivity contribution in [2.75, 3.05) is 6.54 Å². The maximum atomic E-state index is 12.8. The van der Waals surface area contributed by atoms with Gasteiger partial charge in [-0.05, 0) is 17.5 Å². The van der Waals surface area contributed by atoms with Crippen LogP contribution in [0.25, 0.3) is 0 Å². The summed E-state index contributed by atoms with van der Waals surface area (Å²) >= 11 is 0. The summed E-state index contributed by atoms with van der Waals surface area (Å²) in [6.45, 7) is -0.0489. The van der Waals surface area contributed by atoms with Gasteiger partial charge in [-0.15, -0.1) is 0 Å². The predicted octanol–water partition coefficient (Wildman–Crippen LogP) is 1.89. The van der Waals surface area contributed by atoms with Crippen LogP contribution in [0.5, 0.6) is 0 Å². The number of carboxylic acid groups (broad SMARTS) is 1. The highest BCUT2D eigenvalue weighted by Crippen LogP contribution is 2.29. The molecule has 2 N–H and O–H groups in total. The SMILES string of the molecule is O=C(O)C1CNC(c2ccccc2CF)C1. The van der Waals surface area contributed by atoms with Gasteiger partial charge in [0.25, 0.3) is 0 Å². The molecule has 0 amide bonds. The second-order valence-electron chi connectivity index (χ2n) is 4.06. The van der Waals surface area contributed by atoms with Crippen LogP contribution in [0.1, 0.15) is 23.6 Å². The molecule has 1 fully saturated rings. The Labute approximate surface area is 93.3 Å². The summed E-state index contributed by atoms with van der Waals surface area (Å²) < 4.78 is 12.8. The number of carboxylic acids is 1. The Morgan fingerprint density at radius 2 is 2.25 bits per heavy atom. The van der Waals surface area contributed by atoms with Crippen molar-refractivity contribution in [3.8, 4) is 0 Å². The Kier molecular flexibility index (Phi) is 3.19. The summed E-state index contributed by atoms with van der Waals surface area (Å²) in [6.07, 6.45) is 0.534. The van der Waals surface area contributed by atoms with Gasteiger partial charge in [0.15, 0.2) is 0 Å². The van der Waals surface area contributed by atoms with E-state index in [1.165, 1.54) is 0 Å². The van der Waals surface area contributed by atoms with Gasteiger partial charge < -0.3 is 10.4 Å². The van der Waals surface area contributed by atoms with E-state index in [0.717, 1.165) is 5.56 Å². The van der Waals surface area contributed by atoms with Crippen LogP contribution < -0.4 is 5.32 Å². The molecule has 2 unspecified atom stereocenters. The summed E-state index contributed by atoms with van der Waals surface area (Å²) in [5, 5.41) is 12.0. The molecule has 1 aromatic carbocycles. The van der Waals surface area contributed by atoms with Crippen molar-refractivity contribution in [1.82, 2.24) is 5.32 Å². The molecule has 2 atom stereocenters. The number of alkyl halides is 1. The highest BCUT2D eigenvalue weighted by Gasteiger charge is 2.30. The quantitative estimate of drug-likeness (QED) is 0.822. The lowest BCUT2D eigenvalue weighted by atomic mass is 9.96.